The van der Waals surface area contributed by atoms with Gasteiger partial charge in [-0.3, -0.25) is 15.0 Å². The minimum Gasteiger partial charge on any atom is -0.346 e. The Kier molecular flexibility index (Phi) is 4.15. The zero-order valence-corrected chi connectivity index (χ0v) is 15.2. The minimum atomic E-state index is -0.357. The van der Waals surface area contributed by atoms with E-state index in [1.807, 2.05) is 18.2 Å². The molecular weight excluding hydrogens is 326 g/mol. The lowest BCUT2D eigenvalue weighted by atomic mass is 10.1. The van der Waals surface area contributed by atoms with Crippen LogP contribution in [-0.4, -0.2) is 16.4 Å². The van der Waals surface area contributed by atoms with Gasteiger partial charge in [-0.25, -0.2) is 5.01 Å². The third kappa shape index (κ3) is 2.73. The molecule has 2 amide bonds. The summed E-state index contributed by atoms with van der Waals surface area (Å²) >= 11 is 0. The quantitative estimate of drug-likeness (QED) is 0.679. The first-order valence-corrected chi connectivity index (χ1v) is 9.17. The molecule has 1 saturated heterocycles. The van der Waals surface area contributed by atoms with Crippen molar-refractivity contribution in [3.63, 3.8) is 0 Å². The number of rotatable bonds is 3. The number of hydrogen-bond acceptors (Lipinski definition) is 2. The Morgan fingerprint density at radius 3 is 2.46 bits per heavy atom. The molecule has 5 heteroatoms. The maximum atomic E-state index is 12.7. The van der Waals surface area contributed by atoms with Crippen LogP contribution in [0, 0.1) is 13.8 Å². The maximum absolute atomic E-state index is 12.7. The van der Waals surface area contributed by atoms with Crippen molar-refractivity contribution in [1.82, 2.24) is 9.99 Å². The highest BCUT2D eigenvalue weighted by atomic mass is 16.2. The Balaban J connectivity index is 1.67. The molecule has 1 aromatic carbocycles. The molecule has 0 unspecified atom stereocenters. The first-order valence-electron chi connectivity index (χ1n) is 9.17. The topological polar surface area (TPSA) is 54.3 Å². The molecule has 2 aromatic rings. The van der Waals surface area contributed by atoms with E-state index in [4.69, 9.17) is 0 Å². The number of nitrogens with one attached hydrogen (secondary N) is 1. The lowest BCUT2D eigenvalue weighted by Crippen LogP contribution is -2.35. The van der Waals surface area contributed by atoms with E-state index in [1.54, 1.807) is 18.2 Å². The van der Waals surface area contributed by atoms with Gasteiger partial charge in [-0.2, -0.15) is 0 Å². The van der Waals surface area contributed by atoms with Crippen LogP contribution in [0.3, 0.4) is 0 Å². The van der Waals surface area contributed by atoms with Gasteiger partial charge in [0.05, 0.1) is 5.69 Å². The van der Waals surface area contributed by atoms with Crippen LogP contribution < -0.4 is 10.4 Å². The zero-order chi connectivity index (χ0) is 18.3. The summed E-state index contributed by atoms with van der Waals surface area (Å²) < 4.78 is 2.37. The molecule has 2 fully saturated rings. The number of anilines is 1. The third-order valence-corrected chi connectivity index (χ3v) is 5.42. The van der Waals surface area contributed by atoms with Crippen LogP contribution in [0.15, 0.2) is 42.0 Å². The highest BCUT2D eigenvalue weighted by Crippen LogP contribution is 2.34. The fourth-order valence-electron chi connectivity index (χ4n) is 4.14. The smallest absolute Gasteiger partial charge is 0.282 e. The minimum absolute atomic E-state index is 0.181. The number of benzene rings is 1. The number of nitrogens with zero attached hydrogens (tertiary/aromatic N) is 2. The molecular formula is C21H23N3O2. The van der Waals surface area contributed by atoms with Gasteiger partial charge in [0, 0.05) is 17.4 Å². The fourth-order valence-corrected chi connectivity index (χ4v) is 4.14. The van der Waals surface area contributed by atoms with Crippen LogP contribution in [0.5, 0.6) is 0 Å². The molecule has 1 N–H and O–H groups in total. The number of amides is 2. The number of hydrogen-bond donors (Lipinski definition) is 1. The van der Waals surface area contributed by atoms with Crippen molar-refractivity contribution >= 4 is 23.6 Å². The van der Waals surface area contributed by atoms with Crippen LogP contribution in [0.1, 0.15) is 48.7 Å². The zero-order valence-electron chi connectivity index (χ0n) is 15.2. The second-order valence-electron chi connectivity index (χ2n) is 7.11. The molecule has 4 rings (SSSR count). The summed E-state index contributed by atoms with van der Waals surface area (Å²) in [5.74, 6) is -0.670. The summed E-state index contributed by atoms with van der Waals surface area (Å²) in [5.41, 5.74) is 6.75. The molecule has 5 nitrogen and oxygen atoms in total. The van der Waals surface area contributed by atoms with Crippen molar-refractivity contribution in [3.05, 3.63) is 58.9 Å². The molecule has 2 heterocycles. The average molecular weight is 349 g/mol. The second-order valence-corrected chi connectivity index (χ2v) is 7.11. The molecule has 26 heavy (non-hydrogen) atoms. The van der Waals surface area contributed by atoms with Crippen LogP contribution in [-0.2, 0) is 9.59 Å². The van der Waals surface area contributed by atoms with E-state index in [1.165, 1.54) is 36.4 Å². The van der Waals surface area contributed by atoms with Crippen molar-refractivity contribution in [3.8, 4) is 0 Å². The molecule has 0 atom stereocenters. The highest BCUT2D eigenvalue weighted by Gasteiger charge is 2.34. The van der Waals surface area contributed by atoms with Gasteiger partial charge in [-0.1, -0.05) is 31.0 Å². The van der Waals surface area contributed by atoms with Crippen molar-refractivity contribution in [2.24, 2.45) is 0 Å². The predicted molar refractivity (Wildman–Crippen MR) is 101 cm³/mol. The monoisotopic (exact) mass is 349 g/mol. The number of hydrazine groups is 1. The Bertz CT molecular complexity index is 889. The fraction of sp³-hybridized carbons (Fsp3) is 0.333. The lowest BCUT2D eigenvalue weighted by Gasteiger charge is -2.17. The molecule has 1 aliphatic carbocycles. The number of para-hydroxylation sites is 1. The van der Waals surface area contributed by atoms with Crippen molar-refractivity contribution in [1.29, 1.82) is 0 Å². The van der Waals surface area contributed by atoms with E-state index in [0.717, 1.165) is 11.3 Å². The second kappa shape index (κ2) is 6.48. The largest absolute Gasteiger partial charge is 0.346 e. The SMILES string of the molecule is Cc1cc(C=C2C(=O)NN(c3ccccc3)C2=O)c(C)n1C1CCCC1. The summed E-state index contributed by atoms with van der Waals surface area (Å²) in [6.45, 7) is 4.17. The highest BCUT2D eigenvalue weighted by molar-refractivity contribution is 6.31. The van der Waals surface area contributed by atoms with E-state index in [9.17, 15) is 9.59 Å². The van der Waals surface area contributed by atoms with Crippen LogP contribution in [0.4, 0.5) is 5.69 Å². The van der Waals surface area contributed by atoms with Crippen LogP contribution >= 0.6 is 0 Å². The predicted octanol–water partition coefficient (Wildman–Crippen LogP) is 3.68. The van der Waals surface area contributed by atoms with Gasteiger partial charge in [0.2, 0.25) is 0 Å². The molecule has 1 saturated carbocycles. The van der Waals surface area contributed by atoms with Gasteiger partial charge in [0.25, 0.3) is 11.8 Å². The van der Waals surface area contributed by atoms with E-state index in [2.05, 4.69) is 29.9 Å². The van der Waals surface area contributed by atoms with Crippen LogP contribution in [0.2, 0.25) is 0 Å². The van der Waals surface area contributed by atoms with Gasteiger partial charge >= 0.3 is 0 Å². The number of carbonyl (C=O) groups is 2. The molecule has 134 valence electrons. The molecule has 2 aliphatic rings. The average Bonchev–Trinajstić information content (AvgIpc) is 3.32. The van der Waals surface area contributed by atoms with E-state index < -0.39 is 0 Å². The Morgan fingerprint density at radius 1 is 1.08 bits per heavy atom. The molecule has 0 radical (unpaired) electrons. The first kappa shape index (κ1) is 16.6. The molecule has 0 bridgehead atoms. The molecule has 1 aliphatic heterocycles. The molecule has 0 spiro atoms. The van der Waals surface area contributed by atoms with E-state index >= 15 is 0 Å². The normalized spacial score (nSPS) is 19.6. The van der Waals surface area contributed by atoms with Gasteiger partial charge in [0.1, 0.15) is 5.57 Å². The summed E-state index contributed by atoms with van der Waals surface area (Å²) in [7, 11) is 0. The third-order valence-electron chi connectivity index (χ3n) is 5.42. The Morgan fingerprint density at radius 2 is 1.77 bits per heavy atom. The van der Waals surface area contributed by atoms with Gasteiger partial charge in [0.15, 0.2) is 0 Å². The lowest BCUT2D eigenvalue weighted by molar-refractivity contribution is -0.117. The van der Waals surface area contributed by atoms with Crippen molar-refractivity contribution in [2.75, 3.05) is 5.01 Å². The number of aryl methyl sites for hydroxylation is 1. The standard InChI is InChI=1S/C21H23N3O2/c1-14-12-16(15(2)23(14)17-8-6-7-9-17)13-19-20(25)22-24(21(19)26)18-10-4-3-5-11-18/h3-5,10-13,17H,6-9H2,1-2H3,(H,22,25). The van der Waals surface area contributed by atoms with Crippen molar-refractivity contribution in [2.45, 2.75) is 45.6 Å². The summed E-state index contributed by atoms with van der Waals surface area (Å²) in [4.78, 5) is 25.1. The summed E-state index contributed by atoms with van der Waals surface area (Å²) in [5, 5.41) is 1.31. The number of aromatic nitrogens is 1. The first-order chi connectivity index (χ1) is 12.6. The van der Waals surface area contributed by atoms with E-state index in [0.29, 0.717) is 11.7 Å². The Hall–Kier alpha value is -2.82. The molecule has 1 aromatic heterocycles. The van der Waals surface area contributed by atoms with E-state index in [-0.39, 0.29) is 17.4 Å². The van der Waals surface area contributed by atoms with Gasteiger partial charge < -0.3 is 4.57 Å². The maximum Gasteiger partial charge on any atom is 0.282 e. The van der Waals surface area contributed by atoms with Gasteiger partial charge in [-0.05, 0) is 56.5 Å². The summed E-state index contributed by atoms with van der Waals surface area (Å²) in [6, 6.07) is 11.8. The van der Waals surface area contributed by atoms with Gasteiger partial charge in [-0.15, -0.1) is 0 Å². The number of carbonyl (C=O) groups excluding carboxylic acids is 2. The Labute approximate surface area is 153 Å². The summed E-state index contributed by atoms with van der Waals surface area (Å²) in [6.07, 6.45) is 6.67. The van der Waals surface area contributed by atoms with Crippen LogP contribution in [0.25, 0.3) is 6.08 Å². The van der Waals surface area contributed by atoms with Crippen molar-refractivity contribution < 1.29 is 9.59 Å².